The lowest BCUT2D eigenvalue weighted by Gasteiger charge is -2.25. The summed E-state index contributed by atoms with van der Waals surface area (Å²) in [6.07, 6.45) is 0.744. The number of thiophene rings is 1. The minimum Gasteiger partial charge on any atom is -0.337 e. The van der Waals surface area contributed by atoms with Crippen LogP contribution in [-0.2, 0) is 17.8 Å². The van der Waals surface area contributed by atoms with Crippen molar-refractivity contribution in [2.75, 3.05) is 11.9 Å². The fraction of sp³-hybridized carbons (Fsp3) is 0.333. The molecule has 170 valence electrons. The van der Waals surface area contributed by atoms with E-state index in [1.165, 1.54) is 16.9 Å². The Kier molecular flexibility index (Phi) is 5.54. The lowest BCUT2D eigenvalue weighted by molar-refractivity contribution is -0.129. The molecule has 9 heteroatoms. The van der Waals surface area contributed by atoms with E-state index in [0.717, 1.165) is 42.8 Å². The van der Waals surface area contributed by atoms with Gasteiger partial charge in [-0.25, -0.2) is 4.98 Å². The van der Waals surface area contributed by atoms with Gasteiger partial charge in [-0.2, -0.15) is 5.10 Å². The van der Waals surface area contributed by atoms with Gasteiger partial charge >= 0.3 is 0 Å². The number of thiazole rings is 1. The van der Waals surface area contributed by atoms with Gasteiger partial charge < -0.3 is 10.2 Å². The molecule has 4 aromatic rings. The van der Waals surface area contributed by atoms with E-state index in [2.05, 4.69) is 16.5 Å². The average molecular weight is 480 g/mol. The molecule has 2 amide bonds. The summed E-state index contributed by atoms with van der Waals surface area (Å²) in [5.41, 5.74) is 4.45. The van der Waals surface area contributed by atoms with Crippen LogP contribution >= 0.6 is 22.7 Å². The molecule has 5 rings (SSSR count). The summed E-state index contributed by atoms with van der Waals surface area (Å²) in [7, 11) is 0. The first-order valence-corrected chi connectivity index (χ1v) is 12.6. The van der Waals surface area contributed by atoms with Crippen LogP contribution in [0.1, 0.15) is 53.4 Å². The van der Waals surface area contributed by atoms with Crippen molar-refractivity contribution in [2.24, 2.45) is 0 Å². The van der Waals surface area contributed by atoms with Crippen molar-refractivity contribution in [2.45, 2.75) is 46.7 Å². The fourth-order valence-corrected chi connectivity index (χ4v) is 6.62. The fourth-order valence-electron chi connectivity index (χ4n) is 4.25. The molecular formula is C24H25N5O2S2. The zero-order chi connectivity index (χ0) is 23.3. The molecule has 1 aromatic carbocycles. The quantitative estimate of drug-likeness (QED) is 0.433. The van der Waals surface area contributed by atoms with Gasteiger partial charge in [-0.1, -0.05) is 12.1 Å². The molecule has 0 saturated heterocycles. The van der Waals surface area contributed by atoms with Gasteiger partial charge in [-0.05, 0) is 51.0 Å². The van der Waals surface area contributed by atoms with Crippen molar-refractivity contribution >= 4 is 49.7 Å². The number of para-hydroxylation sites is 1. The number of benzene rings is 1. The Morgan fingerprint density at radius 3 is 2.67 bits per heavy atom. The Hall–Kier alpha value is -3.04. The second-order valence-corrected chi connectivity index (χ2v) is 10.7. The van der Waals surface area contributed by atoms with E-state index in [9.17, 15) is 9.59 Å². The van der Waals surface area contributed by atoms with Gasteiger partial charge in [0, 0.05) is 35.6 Å². The molecule has 3 aromatic heterocycles. The molecule has 7 nitrogen and oxygen atoms in total. The smallest absolute Gasteiger partial charge is 0.276 e. The maximum atomic E-state index is 13.2. The molecule has 0 saturated carbocycles. The van der Waals surface area contributed by atoms with Crippen LogP contribution in [-0.4, -0.2) is 38.0 Å². The van der Waals surface area contributed by atoms with Crippen LogP contribution in [0.25, 0.3) is 20.8 Å². The number of carbonyl (C=O) groups is 2. The van der Waals surface area contributed by atoms with E-state index < -0.39 is 0 Å². The number of carbonyl (C=O) groups excluding carboxylic acids is 2. The van der Waals surface area contributed by atoms with Gasteiger partial charge in [0.25, 0.3) is 5.91 Å². The van der Waals surface area contributed by atoms with Crippen LogP contribution in [0.3, 0.4) is 0 Å². The summed E-state index contributed by atoms with van der Waals surface area (Å²) in [6, 6.07) is 10.1. The van der Waals surface area contributed by atoms with E-state index in [1.807, 2.05) is 54.6 Å². The lowest BCUT2D eigenvalue weighted by atomic mass is 10.0. The molecule has 0 bridgehead atoms. The monoisotopic (exact) mass is 479 g/mol. The van der Waals surface area contributed by atoms with E-state index >= 15 is 0 Å². The summed E-state index contributed by atoms with van der Waals surface area (Å²) in [4.78, 5) is 33.0. The molecule has 0 spiro atoms. The molecule has 0 radical (unpaired) electrons. The number of nitrogens with zero attached hydrogens (tertiary/aromatic N) is 4. The SMILES string of the molecule is CC(=O)N1CCc2c(sc(NC(=O)c3cc(C)n(C(C)C)n3)c2-c2nc3ccccc3s2)C1. The van der Waals surface area contributed by atoms with Crippen molar-refractivity contribution in [1.82, 2.24) is 19.7 Å². The van der Waals surface area contributed by atoms with E-state index in [-0.39, 0.29) is 17.9 Å². The zero-order valence-corrected chi connectivity index (χ0v) is 20.6. The van der Waals surface area contributed by atoms with Crippen molar-refractivity contribution in [1.29, 1.82) is 0 Å². The van der Waals surface area contributed by atoms with Crippen LogP contribution in [0.15, 0.2) is 30.3 Å². The molecule has 0 fully saturated rings. The number of nitrogens with one attached hydrogen (secondary N) is 1. The predicted octanol–water partition coefficient (Wildman–Crippen LogP) is 5.27. The number of rotatable bonds is 4. The van der Waals surface area contributed by atoms with Gasteiger partial charge in [0.05, 0.1) is 16.8 Å². The summed E-state index contributed by atoms with van der Waals surface area (Å²) >= 11 is 3.16. The number of hydrogen-bond acceptors (Lipinski definition) is 6. The Balaban J connectivity index is 1.57. The van der Waals surface area contributed by atoms with Crippen LogP contribution < -0.4 is 5.32 Å². The standard InChI is InChI=1S/C24H25N5O2S2/c1-13(2)29-14(3)11-18(27-29)22(31)26-24-21(23-25-17-7-5-6-8-19(17)32-23)16-9-10-28(15(4)30)12-20(16)33-24/h5-8,11,13H,9-10,12H2,1-4H3,(H,26,31). The topological polar surface area (TPSA) is 80.1 Å². The Morgan fingerprint density at radius 1 is 1.18 bits per heavy atom. The molecule has 1 N–H and O–H groups in total. The summed E-state index contributed by atoms with van der Waals surface area (Å²) in [5.74, 6) is -0.169. The highest BCUT2D eigenvalue weighted by Crippen LogP contribution is 2.45. The third-order valence-corrected chi connectivity index (χ3v) is 8.07. The van der Waals surface area contributed by atoms with E-state index in [0.29, 0.717) is 18.8 Å². The highest BCUT2D eigenvalue weighted by Gasteiger charge is 2.29. The Labute approximate surface area is 200 Å². The van der Waals surface area contributed by atoms with Crippen molar-refractivity contribution in [3.63, 3.8) is 0 Å². The zero-order valence-electron chi connectivity index (χ0n) is 19.0. The number of fused-ring (bicyclic) bond motifs is 2. The second-order valence-electron chi connectivity index (χ2n) is 8.55. The molecule has 1 aliphatic heterocycles. The van der Waals surface area contributed by atoms with Gasteiger partial charge in [0.2, 0.25) is 5.91 Å². The third kappa shape index (κ3) is 3.95. The summed E-state index contributed by atoms with van der Waals surface area (Å²) in [6.45, 7) is 8.87. The third-order valence-electron chi connectivity index (χ3n) is 5.88. The molecule has 4 heterocycles. The van der Waals surface area contributed by atoms with Crippen molar-refractivity contribution < 1.29 is 9.59 Å². The first-order chi connectivity index (χ1) is 15.8. The maximum Gasteiger partial charge on any atom is 0.276 e. The van der Waals surface area contributed by atoms with Gasteiger partial charge in [0.1, 0.15) is 10.0 Å². The number of hydrogen-bond donors (Lipinski definition) is 1. The maximum absolute atomic E-state index is 13.2. The largest absolute Gasteiger partial charge is 0.337 e. The van der Waals surface area contributed by atoms with Crippen molar-refractivity contribution in [3.05, 3.63) is 52.2 Å². The summed E-state index contributed by atoms with van der Waals surface area (Å²) in [5, 5.41) is 9.28. The molecule has 0 unspecified atom stereocenters. The normalized spacial score (nSPS) is 13.5. The minimum atomic E-state index is -0.234. The van der Waals surface area contributed by atoms with Gasteiger partial charge in [-0.15, -0.1) is 22.7 Å². The summed E-state index contributed by atoms with van der Waals surface area (Å²) < 4.78 is 2.96. The molecule has 33 heavy (non-hydrogen) atoms. The second kappa shape index (κ2) is 8.39. The van der Waals surface area contributed by atoms with Gasteiger partial charge in [-0.3, -0.25) is 14.3 Å². The van der Waals surface area contributed by atoms with Crippen LogP contribution in [0.4, 0.5) is 5.00 Å². The first kappa shape index (κ1) is 21.8. The highest BCUT2D eigenvalue weighted by atomic mass is 32.1. The van der Waals surface area contributed by atoms with Crippen LogP contribution in [0.5, 0.6) is 0 Å². The minimum absolute atomic E-state index is 0.0656. The van der Waals surface area contributed by atoms with Crippen LogP contribution in [0.2, 0.25) is 0 Å². The molecular weight excluding hydrogens is 454 g/mol. The molecule has 0 atom stereocenters. The van der Waals surface area contributed by atoms with Crippen molar-refractivity contribution in [3.8, 4) is 10.6 Å². The molecule has 0 aliphatic carbocycles. The number of aromatic nitrogens is 3. The highest BCUT2D eigenvalue weighted by molar-refractivity contribution is 7.23. The predicted molar refractivity (Wildman–Crippen MR) is 133 cm³/mol. The molecule has 1 aliphatic rings. The first-order valence-electron chi connectivity index (χ1n) is 10.9. The lowest BCUT2D eigenvalue weighted by Crippen LogP contribution is -2.33. The number of aryl methyl sites for hydroxylation is 1. The van der Waals surface area contributed by atoms with Crippen LogP contribution in [0, 0.1) is 6.92 Å². The van der Waals surface area contributed by atoms with E-state index in [1.54, 1.807) is 18.3 Å². The average Bonchev–Trinajstić information content (AvgIpc) is 3.46. The number of anilines is 1. The van der Waals surface area contributed by atoms with E-state index in [4.69, 9.17) is 4.98 Å². The van der Waals surface area contributed by atoms with Gasteiger partial charge in [0.15, 0.2) is 5.69 Å². The Morgan fingerprint density at radius 2 is 1.97 bits per heavy atom. The Bertz CT molecular complexity index is 1350. The number of amides is 2.